The number of nitrogens with zero attached hydrogens (tertiary/aromatic N) is 1. The summed E-state index contributed by atoms with van der Waals surface area (Å²) in [4.78, 5) is 13.6. The van der Waals surface area contributed by atoms with E-state index in [0.29, 0.717) is 18.5 Å². The van der Waals surface area contributed by atoms with Crippen molar-refractivity contribution in [2.24, 2.45) is 0 Å². The Labute approximate surface area is 155 Å². The minimum Gasteiger partial charge on any atom is -0.315 e. The van der Waals surface area contributed by atoms with Gasteiger partial charge in [-0.2, -0.15) is 0 Å². The van der Waals surface area contributed by atoms with E-state index in [9.17, 15) is 13.2 Å². The molecule has 2 aromatic carbocycles. The van der Waals surface area contributed by atoms with E-state index >= 15 is 0 Å². The minimum atomic E-state index is -3.68. The fourth-order valence-electron chi connectivity index (χ4n) is 3.05. The van der Waals surface area contributed by atoms with Gasteiger partial charge in [-0.15, -0.1) is 0 Å². The highest BCUT2D eigenvalue weighted by atomic mass is 32.2. The van der Waals surface area contributed by atoms with E-state index in [1.165, 1.54) is 0 Å². The van der Waals surface area contributed by atoms with Gasteiger partial charge in [0.15, 0.2) is 0 Å². The van der Waals surface area contributed by atoms with Gasteiger partial charge in [-0.3, -0.25) is 9.52 Å². The van der Waals surface area contributed by atoms with Gasteiger partial charge < -0.3 is 4.90 Å². The van der Waals surface area contributed by atoms with Crippen LogP contribution in [0.25, 0.3) is 0 Å². The second-order valence-electron chi connectivity index (χ2n) is 7.68. The normalized spacial score (nSPS) is 14.9. The van der Waals surface area contributed by atoms with Crippen molar-refractivity contribution >= 4 is 27.3 Å². The average Bonchev–Trinajstić information content (AvgIpc) is 2.57. The summed E-state index contributed by atoms with van der Waals surface area (Å²) < 4.78 is 28.1. The fourth-order valence-corrected chi connectivity index (χ4v) is 4.16. The molecular formula is C20H24N2O3S. The van der Waals surface area contributed by atoms with Crippen molar-refractivity contribution in [3.8, 4) is 0 Å². The van der Waals surface area contributed by atoms with Gasteiger partial charge in [-0.1, -0.05) is 32.9 Å². The molecule has 26 heavy (non-hydrogen) atoms. The molecule has 1 N–H and O–H groups in total. The smallest absolute Gasteiger partial charge is 0.261 e. The molecule has 5 nitrogen and oxygen atoms in total. The molecule has 1 aliphatic rings. The number of sulfonamides is 1. The van der Waals surface area contributed by atoms with Crippen molar-refractivity contribution in [2.75, 3.05) is 16.7 Å². The SMILES string of the molecule is CN1C(=O)CCc2cc(S(=O)(=O)Nc3ccc(C(C)(C)C)cc3)ccc21. The number of carbonyl (C=O) groups is 1. The first-order valence-corrected chi connectivity index (χ1v) is 10.1. The maximum absolute atomic E-state index is 12.7. The number of carbonyl (C=O) groups excluding carboxylic acids is 1. The third-order valence-electron chi connectivity index (χ3n) is 4.71. The van der Waals surface area contributed by atoms with E-state index in [0.717, 1.165) is 16.8 Å². The predicted molar refractivity (Wildman–Crippen MR) is 104 cm³/mol. The molecule has 0 unspecified atom stereocenters. The minimum absolute atomic E-state index is 0.0133. The van der Waals surface area contributed by atoms with Crippen LogP contribution in [0.15, 0.2) is 47.4 Å². The molecule has 2 aromatic rings. The monoisotopic (exact) mass is 372 g/mol. The van der Waals surface area contributed by atoms with Crippen LogP contribution in [-0.2, 0) is 26.7 Å². The van der Waals surface area contributed by atoms with Gasteiger partial charge in [0, 0.05) is 24.8 Å². The van der Waals surface area contributed by atoms with Crippen molar-refractivity contribution in [2.45, 2.75) is 43.9 Å². The quantitative estimate of drug-likeness (QED) is 0.893. The highest BCUT2D eigenvalue weighted by Crippen LogP contribution is 2.30. The highest BCUT2D eigenvalue weighted by molar-refractivity contribution is 7.92. The summed E-state index contributed by atoms with van der Waals surface area (Å²) in [6.07, 6.45) is 0.955. The van der Waals surface area contributed by atoms with E-state index in [2.05, 4.69) is 25.5 Å². The van der Waals surface area contributed by atoms with Gasteiger partial charge in [-0.05, 0) is 53.3 Å². The Bertz CT molecular complexity index is 942. The summed E-state index contributed by atoms with van der Waals surface area (Å²) in [5.74, 6) is 0.0465. The second-order valence-corrected chi connectivity index (χ2v) is 9.36. The molecule has 0 spiro atoms. The number of nitrogens with one attached hydrogen (secondary N) is 1. The van der Waals surface area contributed by atoms with Crippen LogP contribution in [-0.4, -0.2) is 21.4 Å². The second kappa shape index (κ2) is 6.43. The number of rotatable bonds is 3. The zero-order chi connectivity index (χ0) is 19.1. The van der Waals surface area contributed by atoms with Crippen molar-refractivity contribution in [1.82, 2.24) is 0 Å². The third-order valence-corrected chi connectivity index (χ3v) is 6.09. The summed E-state index contributed by atoms with van der Waals surface area (Å²) >= 11 is 0. The molecule has 0 fully saturated rings. The molecule has 0 saturated heterocycles. The molecule has 3 rings (SSSR count). The first kappa shape index (κ1) is 18.5. The largest absolute Gasteiger partial charge is 0.315 e. The van der Waals surface area contributed by atoms with E-state index in [-0.39, 0.29) is 16.2 Å². The van der Waals surface area contributed by atoms with Crippen LogP contribution < -0.4 is 9.62 Å². The van der Waals surface area contributed by atoms with Crippen LogP contribution in [0.1, 0.15) is 38.3 Å². The Kier molecular flexibility index (Phi) is 4.56. The van der Waals surface area contributed by atoms with Crippen LogP contribution in [0.2, 0.25) is 0 Å². The van der Waals surface area contributed by atoms with Crippen molar-refractivity contribution in [1.29, 1.82) is 0 Å². The zero-order valence-electron chi connectivity index (χ0n) is 15.5. The van der Waals surface area contributed by atoms with Crippen LogP contribution in [0.4, 0.5) is 11.4 Å². The number of amides is 1. The Morgan fingerprint density at radius 3 is 2.27 bits per heavy atom. The highest BCUT2D eigenvalue weighted by Gasteiger charge is 2.23. The number of benzene rings is 2. The Morgan fingerprint density at radius 1 is 1.00 bits per heavy atom. The van der Waals surface area contributed by atoms with Crippen LogP contribution in [0.5, 0.6) is 0 Å². The van der Waals surface area contributed by atoms with Crippen LogP contribution in [0, 0.1) is 0 Å². The predicted octanol–water partition coefficient (Wildman–Crippen LogP) is 3.69. The van der Waals surface area contributed by atoms with Gasteiger partial charge in [-0.25, -0.2) is 8.42 Å². The van der Waals surface area contributed by atoms with Gasteiger partial charge >= 0.3 is 0 Å². The molecular weight excluding hydrogens is 348 g/mol. The average molecular weight is 372 g/mol. The Morgan fingerprint density at radius 2 is 1.65 bits per heavy atom. The topological polar surface area (TPSA) is 66.5 Å². The van der Waals surface area contributed by atoms with Crippen molar-refractivity contribution < 1.29 is 13.2 Å². The third kappa shape index (κ3) is 3.60. The maximum atomic E-state index is 12.7. The molecule has 1 amide bonds. The molecule has 138 valence electrons. The molecule has 0 atom stereocenters. The lowest BCUT2D eigenvalue weighted by Crippen LogP contribution is -2.31. The molecule has 6 heteroatoms. The first-order chi connectivity index (χ1) is 12.1. The zero-order valence-corrected chi connectivity index (χ0v) is 16.4. The van der Waals surface area contributed by atoms with Crippen LogP contribution >= 0.6 is 0 Å². The Hall–Kier alpha value is -2.34. The first-order valence-electron chi connectivity index (χ1n) is 8.61. The number of anilines is 2. The Balaban J connectivity index is 1.86. The van der Waals surface area contributed by atoms with Crippen LogP contribution in [0.3, 0.4) is 0 Å². The summed E-state index contributed by atoms with van der Waals surface area (Å²) in [5.41, 5.74) is 3.33. The standard InChI is InChI=1S/C20H24N2O3S/c1-20(2,3)15-6-8-16(9-7-15)21-26(24,25)17-10-11-18-14(13-17)5-12-19(23)22(18)4/h6-11,13,21H,5,12H2,1-4H3. The number of hydrogen-bond acceptors (Lipinski definition) is 3. The van der Waals surface area contributed by atoms with Gasteiger partial charge in [0.1, 0.15) is 0 Å². The molecule has 0 aromatic heterocycles. The lowest BCUT2D eigenvalue weighted by atomic mass is 9.87. The number of aryl methyl sites for hydroxylation is 1. The molecule has 0 bridgehead atoms. The number of hydrogen-bond donors (Lipinski definition) is 1. The lowest BCUT2D eigenvalue weighted by molar-refractivity contribution is -0.118. The van der Waals surface area contributed by atoms with E-state index in [4.69, 9.17) is 0 Å². The van der Waals surface area contributed by atoms with Gasteiger partial charge in [0.05, 0.1) is 4.90 Å². The maximum Gasteiger partial charge on any atom is 0.261 e. The van der Waals surface area contributed by atoms with Gasteiger partial charge in [0.2, 0.25) is 5.91 Å². The molecule has 0 radical (unpaired) electrons. The van der Waals surface area contributed by atoms with Crippen molar-refractivity contribution in [3.63, 3.8) is 0 Å². The molecule has 1 heterocycles. The molecule has 0 aliphatic carbocycles. The summed E-state index contributed by atoms with van der Waals surface area (Å²) in [7, 11) is -1.97. The summed E-state index contributed by atoms with van der Waals surface area (Å²) in [6, 6.07) is 12.3. The molecule has 1 aliphatic heterocycles. The van der Waals surface area contributed by atoms with E-state index in [1.54, 1.807) is 42.3 Å². The molecule has 0 saturated carbocycles. The fraction of sp³-hybridized carbons (Fsp3) is 0.350. The van der Waals surface area contributed by atoms with Crippen molar-refractivity contribution in [3.05, 3.63) is 53.6 Å². The van der Waals surface area contributed by atoms with E-state index < -0.39 is 10.0 Å². The summed E-state index contributed by atoms with van der Waals surface area (Å²) in [6.45, 7) is 6.34. The summed E-state index contributed by atoms with van der Waals surface area (Å²) in [5, 5.41) is 0. The number of fused-ring (bicyclic) bond motifs is 1. The van der Waals surface area contributed by atoms with Gasteiger partial charge in [0.25, 0.3) is 10.0 Å². The van der Waals surface area contributed by atoms with E-state index in [1.807, 2.05) is 12.1 Å². The lowest BCUT2D eigenvalue weighted by Gasteiger charge is -2.26.